The van der Waals surface area contributed by atoms with Crippen LogP contribution in [0.5, 0.6) is 0 Å². The zero-order chi connectivity index (χ0) is 17.8. The molecule has 0 amide bonds. The summed E-state index contributed by atoms with van der Waals surface area (Å²) < 4.78 is 15.7. The summed E-state index contributed by atoms with van der Waals surface area (Å²) in [6, 6.07) is 27.8. The van der Waals surface area contributed by atoms with Gasteiger partial charge in [-0.15, -0.1) is 11.3 Å². The van der Waals surface area contributed by atoms with Crippen LogP contribution in [-0.4, -0.2) is 11.5 Å². The Bertz CT molecular complexity index is 1010. The molecule has 1 aromatic heterocycles. The zero-order valence-electron chi connectivity index (χ0n) is 14.2. The van der Waals surface area contributed by atoms with E-state index in [0.717, 1.165) is 21.9 Å². The summed E-state index contributed by atoms with van der Waals surface area (Å²) in [6.07, 6.45) is 0.822. The van der Waals surface area contributed by atoms with E-state index in [0.29, 0.717) is 11.3 Å². The van der Waals surface area contributed by atoms with Crippen LogP contribution >= 0.6 is 18.6 Å². The molecule has 0 aliphatic carbocycles. The molecule has 0 saturated heterocycles. The second-order valence-electron chi connectivity index (χ2n) is 6.05. The van der Waals surface area contributed by atoms with Crippen molar-refractivity contribution in [1.82, 2.24) is 10.1 Å². The van der Waals surface area contributed by atoms with Gasteiger partial charge in [-0.1, -0.05) is 60.7 Å². The van der Waals surface area contributed by atoms with Crippen molar-refractivity contribution in [2.24, 2.45) is 0 Å². The molecule has 0 aliphatic rings. The lowest BCUT2D eigenvalue weighted by Crippen LogP contribution is -2.28. The van der Waals surface area contributed by atoms with E-state index in [1.807, 2.05) is 72.8 Å². The molecule has 5 heteroatoms. The van der Waals surface area contributed by atoms with E-state index in [1.165, 1.54) is 16.9 Å². The summed E-state index contributed by atoms with van der Waals surface area (Å²) in [4.78, 5) is 4.68. The molecule has 3 nitrogen and oxygen atoms in total. The Labute approximate surface area is 157 Å². The molecule has 0 saturated carbocycles. The largest absolute Gasteiger partial charge is 0.294 e. The molecule has 1 heterocycles. The van der Waals surface area contributed by atoms with Gasteiger partial charge < -0.3 is 0 Å². The van der Waals surface area contributed by atoms with Crippen molar-refractivity contribution in [1.29, 1.82) is 0 Å². The van der Waals surface area contributed by atoms with E-state index in [1.54, 1.807) is 0 Å². The molecule has 0 radical (unpaired) electrons. The second kappa shape index (κ2) is 7.55. The van der Waals surface area contributed by atoms with Crippen LogP contribution in [-0.2, 0) is 11.0 Å². The Balaban J connectivity index is 1.67. The average Bonchev–Trinajstić information content (AvgIpc) is 3.14. The molecule has 1 N–H and O–H groups in total. The monoisotopic (exact) mass is 378 g/mol. The minimum Gasteiger partial charge on any atom is -0.294 e. The Morgan fingerprint density at radius 1 is 0.846 bits per heavy atom. The Morgan fingerprint density at radius 2 is 1.50 bits per heavy atom. The van der Waals surface area contributed by atoms with E-state index in [-0.39, 0.29) is 0 Å². The molecule has 4 aromatic rings. The first-order valence-corrected chi connectivity index (χ1v) is 11.1. The van der Waals surface area contributed by atoms with Crippen molar-refractivity contribution in [2.75, 3.05) is 6.54 Å². The van der Waals surface area contributed by atoms with Crippen LogP contribution in [0.4, 0.5) is 0 Å². The van der Waals surface area contributed by atoms with Crippen molar-refractivity contribution >= 4 is 38.9 Å². The molecule has 26 heavy (non-hydrogen) atoms. The number of thiazole rings is 1. The van der Waals surface area contributed by atoms with Crippen LogP contribution in [0.2, 0.25) is 0 Å². The van der Waals surface area contributed by atoms with Crippen LogP contribution in [0.3, 0.4) is 0 Å². The standard InChI is InChI=1S/C21H19N2OPS/c24-25(18-11-5-2-6-12-18,22-16-15-17-9-3-1-4-10-17)21-23-19-13-7-8-14-20(19)26-21/h1-14H,15-16H2,(H,22,24). The number of benzene rings is 3. The molecule has 4 rings (SSSR count). The number of nitrogens with one attached hydrogen (secondary N) is 1. The smallest absolute Gasteiger partial charge is 0.232 e. The van der Waals surface area contributed by atoms with Crippen LogP contribution in [0.15, 0.2) is 84.9 Å². The topological polar surface area (TPSA) is 42.0 Å². The SMILES string of the molecule is O=P(NCCc1ccccc1)(c1ccccc1)c1nc2ccccc2s1. The molecule has 3 aromatic carbocycles. The number of nitrogens with zero attached hydrogens (tertiary/aromatic N) is 1. The molecular formula is C21H19N2OPS. The maximum Gasteiger partial charge on any atom is 0.232 e. The fraction of sp³-hybridized carbons (Fsp3) is 0.0952. The van der Waals surface area contributed by atoms with Crippen molar-refractivity contribution in [3.63, 3.8) is 0 Å². The first-order valence-electron chi connectivity index (χ1n) is 8.56. The third kappa shape index (κ3) is 3.49. The summed E-state index contributed by atoms with van der Waals surface area (Å²) in [5.41, 5.74) is 2.12. The van der Waals surface area contributed by atoms with Gasteiger partial charge in [-0.2, -0.15) is 0 Å². The summed E-state index contributed by atoms with van der Waals surface area (Å²) in [6.45, 7) is 0.631. The van der Waals surface area contributed by atoms with Gasteiger partial charge in [0.25, 0.3) is 0 Å². The summed E-state index contributed by atoms with van der Waals surface area (Å²) >= 11 is 1.51. The quantitative estimate of drug-likeness (QED) is 0.507. The number of rotatable bonds is 6. The maximum absolute atomic E-state index is 14.0. The van der Waals surface area contributed by atoms with Gasteiger partial charge in [0.1, 0.15) is 0 Å². The number of hydrogen-bond acceptors (Lipinski definition) is 3. The van der Waals surface area contributed by atoms with E-state index >= 15 is 0 Å². The van der Waals surface area contributed by atoms with Gasteiger partial charge >= 0.3 is 0 Å². The highest BCUT2D eigenvalue weighted by molar-refractivity contribution is 7.81. The molecule has 0 fully saturated rings. The van der Waals surface area contributed by atoms with Crippen molar-refractivity contribution in [3.8, 4) is 0 Å². The van der Waals surface area contributed by atoms with Crippen molar-refractivity contribution in [2.45, 2.75) is 6.42 Å². The van der Waals surface area contributed by atoms with Gasteiger partial charge in [0.05, 0.1) is 10.2 Å². The first kappa shape index (κ1) is 17.2. The number of hydrogen-bond donors (Lipinski definition) is 1. The third-order valence-electron chi connectivity index (χ3n) is 4.26. The Hall–Kier alpha value is -2.26. The molecule has 0 spiro atoms. The predicted octanol–water partition coefficient (Wildman–Crippen LogP) is 4.36. The fourth-order valence-electron chi connectivity index (χ4n) is 2.90. The van der Waals surface area contributed by atoms with Gasteiger partial charge in [0, 0.05) is 11.8 Å². The highest BCUT2D eigenvalue weighted by atomic mass is 32.1. The van der Waals surface area contributed by atoms with Gasteiger partial charge in [-0.25, -0.2) is 4.98 Å². The minimum absolute atomic E-state index is 0.631. The third-order valence-corrected chi connectivity index (χ3v) is 8.48. The summed E-state index contributed by atoms with van der Waals surface area (Å²) in [5.74, 6) is 0. The predicted molar refractivity (Wildman–Crippen MR) is 111 cm³/mol. The first-order chi connectivity index (χ1) is 12.8. The number of para-hydroxylation sites is 1. The zero-order valence-corrected chi connectivity index (χ0v) is 15.9. The van der Waals surface area contributed by atoms with E-state index in [9.17, 15) is 4.57 Å². The second-order valence-corrected chi connectivity index (χ2v) is 9.86. The normalized spacial score (nSPS) is 13.5. The van der Waals surface area contributed by atoms with Crippen molar-refractivity contribution < 1.29 is 4.57 Å². The Morgan fingerprint density at radius 3 is 2.23 bits per heavy atom. The highest BCUT2D eigenvalue weighted by Gasteiger charge is 2.30. The van der Waals surface area contributed by atoms with E-state index in [2.05, 4.69) is 22.2 Å². The fourth-order valence-corrected chi connectivity index (χ4v) is 6.74. The summed E-state index contributed by atoms with van der Waals surface area (Å²) in [5, 5.41) is 4.14. The van der Waals surface area contributed by atoms with Gasteiger partial charge in [-0.3, -0.25) is 9.65 Å². The highest BCUT2D eigenvalue weighted by Crippen LogP contribution is 2.41. The molecule has 130 valence electrons. The molecule has 1 unspecified atom stereocenters. The van der Waals surface area contributed by atoms with Gasteiger partial charge in [0.2, 0.25) is 7.29 Å². The molecular weight excluding hydrogens is 359 g/mol. The van der Waals surface area contributed by atoms with Crippen LogP contribution in [0, 0.1) is 0 Å². The van der Waals surface area contributed by atoms with Crippen LogP contribution in [0.25, 0.3) is 10.2 Å². The van der Waals surface area contributed by atoms with E-state index < -0.39 is 7.29 Å². The number of fused-ring (bicyclic) bond motifs is 1. The van der Waals surface area contributed by atoms with Crippen LogP contribution in [0.1, 0.15) is 5.56 Å². The minimum atomic E-state index is -2.98. The lowest BCUT2D eigenvalue weighted by molar-refractivity contribution is 0.578. The molecule has 0 aliphatic heterocycles. The molecule has 1 atom stereocenters. The van der Waals surface area contributed by atoms with E-state index in [4.69, 9.17) is 0 Å². The average molecular weight is 378 g/mol. The number of aromatic nitrogens is 1. The van der Waals surface area contributed by atoms with Gasteiger partial charge in [0.15, 0.2) is 4.75 Å². The lowest BCUT2D eigenvalue weighted by atomic mass is 10.2. The molecule has 0 bridgehead atoms. The maximum atomic E-state index is 14.0. The van der Waals surface area contributed by atoms with Crippen molar-refractivity contribution in [3.05, 3.63) is 90.5 Å². The Kier molecular flexibility index (Phi) is 4.98. The summed E-state index contributed by atoms with van der Waals surface area (Å²) in [7, 11) is -2.98. The lowest BCUT2D eigenvalue weighted by Gasteiger charge is -2.18. The van der Waals surface area contributed by atoms with Gasteiger partial charge in [-0.05, 0) is 36.2 Å². The van der Waals surface area contributed by atoms with Crippen LogP contribution < -0.4 is 15.1 Å².